The van der Waals surface area contributed by atoms with E-state index in [0.29, 0.717) is 24.2 Å². The summed E-state index contributed by atoms with van der Waals surface area (Å²) in [6, 6.07) is 2.23. The van der Waals surface area contributed by atoms with E-state index in [1.165, 1.54) is 0 Å². The third-order valence-corrected chi connectivity index (χ3v) is 2.04. The zero-order chi connectivity index (χ0) is 8.15. The van der Waals surface area contributed by atoms with Gasteiger partial charge in [0.25, 0.3) is 0 Å². The molecule has 0 fully saturated rings. The Morgan fingerprint density at radius 2 is 1.50 bits per heavy atom. The van der Waals surface area contributed by atoms with Crippen LogP contribution in [0.3, 0.4) is 0 Å². The van der Waals surface area contributed by atoms with E-state index in [2.05, 4.69) is 33.8 Å². The number of hydrogen-bond acceptors (Lipinski definition) is 1. The van der Waals surface area contributed by atoms with Gasteiger partial charge in [0, 0.05) is 6.42 Å². The molecule has 0 aliphatic rings. The van der Waals surface area contributed by atoms with Gasteiger partial charge < -0.3 is 0 Å². The summed E-state index contributed by atoms with van der Waals surface area (Å²) in [6.07, 6.45) is 0.704. The molecule has 0 N–H and O–H groups in total. The van der Waals surface area contributed by atoms with Crippen LogP contribution in [0.25, 0.3) is 0 Å². The fraction of sp³-hybridized carbons (Fsp3) is 0.889. The maximum Gasteiger partial charge on any atom is 0.0624 e. The molecule has 1 heteroatoms. The first-order valence-electron chi connectivity index (χ1n) is 3.96. The maximum absolute atomic E-state index is 8.48. The second-order valence-corrected chi connectivity index (χ2v) is 3.51. The molecular formula is C9H17N. The van der Waals surface area contributed by atoms with Crippen molar-refractivity contribution < 1.29 is 0 Å². The summed E-state index contributed by atoms with van der Waals surface area (Å²) in [7, 11) is 0. The van der Waals surface area contributed by atoms with Crippen LogP contribution in [0, 0.1) is 29.1 Å². The van der Waals surface area contributed by atoms with Crippen molar-refractivity contribution in [1.29, 1.82) is 5.26 Å². The molecule has 0 heterocycles. The molecule has 0 atom stereocenters. The van der Waals surface area contributed by atoms with Crippen LogP contribution in [0.15, 0.2) is 0 Å². The van der Waals surface area contributed by atoms with Gasteiger partial charge in [-0.3, -0.25) is 0 Å². The Kier molecular flexibility index (Phi) is 4.11. The lowest BCUT2D eigenvalue weighted by atomic mass is 9.84. The minimum absolute atomic E-state index is 0.574. The first-order valence-corrected chi connectivity index (χ1v) is 3.96. The van der Waals surface area contributed by atoms with Crippen LogP contribution in [-0.4, -0.2) is 0 Å². The quantitative estimate of drug-likeness (QED) is 0.589. The molecule has 0 aromatic rings. The van der Waals surface area contributed by atoms with E-state index >= 15 is 0 Å². The molecule has 0 radical (unpaired) electrons. The summed E-state index contributed by atoms with van der Waals surface area (Å²) in [5.74, 6) is 1.85. The molecule has 0 aliphatic heterocycles. The smallest absolute Gasteiger partial charge is 0.0624 e. The summed E-state index contributed by atoms with van der Waals surface area (Å²) < 4.78 is 0. The zero-order valence-electron chi connectivity index (χ0n) is 7.39. The highest BCUT2D eigenvalue weighted by Gasteiger charge is 2.16. The Labute approximate surface area is 64.1 Å². The third kappa shape index (κ3) is 2.87. The predicted molar refractivity (Wildman–Crippen MR) is 43.4 cm³/mol. The Morgan fingerprint density at radius 1 is 1.10 bits per heavy atom. The molecule has 0 unspecified atom stereocenters. The van der Waals surface area contributed by atoms with Gasteiger partial charge in [-0.25, -0.2) is 0 Å². The van der Waals surface area contributed by atoms with E-state index in [-0.39, 0.29) is 0 Å². The van der Waals surface area contributed by atoms with Crippen LogP contribution >= 0.6 is 0 Å². The molecule has 0 saturated heterocycles. The van der Waals surface area contributed by atoms with Gasteiger partial charge in [0.05, 0.1) is 6.07 Å². The largest absolute Gasteiger partial charge is 0.198 e. The Balaban J connectivity index is 3.88. The lowest BCUT2D eigenvalue weighted by Crippen LogP contribution is -2.14. The highest BCUT2D eigenvalue weighted by atomic mass is 14.3. The molecule has 0 aliphatic carbocycles. The summed E-state index contributed by atoms with van der Waals surface area (Å²) in [5, 5.41) is 8.48. The summed E-state index contributed by atoms with van der Waals surface area (Å²) in [4.78, 5) is 0. The average Bonchev–Trinajstić information content (AvgIpc) is 1.81. The van der Waals surface area contributed by atoms with E-state index in [4.69, 9.17) is 5.26 Å². The predicted octanol–water partition coefficient (Wildman–Crippen LogP) is 2.83. The van der Waals surface area contributed by atoms with Gasteiger partial charge in [-0.15, -0.1) is 0 Å². The van der Waals surface area contributed by atoms with Crippen molar-refractivity contribution in [3.05, 3.63) is 0 Å². The van der Waals surface area contributed by atoms with E-state index in [1.54, 1.807) is 0 Å². The number of hydrogen-bond donors (Lipinski definition) is 0. The van der Waals surface area contributed by atoms with Crippen LogP contribution in [0.4, 0.5) is 0 Å². The van der Waals surface area contributed by atoms with Crippen LogP contribution < -0.4 is 0 Å². The normalized spacial score (nSPS) is 11.0. The molecule has 0 aromatic heterocycles. The highest BCUT2D eigenvalue weighted by Crippen LogP contribution is 2.22. The van der Waals surface area contributed by atoms with E-state index in [1.807, 2.05) is 0 Å². The fourth-order valence-electron chi connectivity index (χ4n) is 1.35. The van der Waals surface area contributed by atoms with Gasteiger partial charge in [0.2, 0.25) is 0 Å². The molecule has 0 amide bonds. The minimum atomic E-state index is 0.574. The fourth-order valence-corrected chi connectivity index (χ4v) is 1.35. The summed E-state index contributed by atoms with van der Waals surface area (Å²) >= 11 is 0. The highest BCUT2D eigenvalue weighted by molar-refractivity contribution is 4.79. The monoisotopic (exact) mass is 139 g/mol. The maximum atomic E-state index is 8.48. The summed E-state index contributed by atoms with van der Waals surface area (Å²) in [5.41, 5.74) is 0. The van der Waals surface area contributed by atoms with Crippen molar-refractivity contribution in [3.8, 4) is 6.07 Å². The van der Waals surface area contributed by atoms with Crippen molar-refractivity contribution in [2.24, 2.45) is 17.8 Å². The van der Waals surface area contributed by atoms with Crippen molar-refractivity contribution in [1.82, 2.24) is 0 Å². The van der Waals surface area contributed by atoms with Gasteiger partial charge in [0.1, 0.15) is 0 Å². The van der Waals surface area contributed by atoms with Crippen LogP contribution in [-0.2, 0) is 0 Å². The first-order chi connectivity index (χ1) is 4.59. The SMILES string of the molecule is CC(C)C(CC#N)C(C)C. The lowest BCUT2D eigenvalue weighted by molar-refractivity contribution is 0.294. The van der Waals surface area contributed by atoms with E-state index in [0.717, 1.165) is 0 Å². The Morgan fingerprint density at radius 3 is 1.60 bits per heavy atom. The van der Waals surface area contributed by atoms with Gasteiger partial charge in [-0.05, 0) is 17.8 Å². The minimum Gasteiger partial charge on any atom is -0.198 e. The van der Waals surface area contributed by atoms with Crippen LogP contribution in [0.5, 0.6) is 0 Å². The Hall–Kier alpha value is -0.510. The topological polar surface area (TPSA) is 23.8 Å². The average molecular weight is 139 g/mol. The standard InChI is InChI=1S/C9H17N/c1-7(2)9(5-6-10)8(3)4/h7-9H,5H2,1-4H3. The second kappa shape index (κ2) is 4.33. The molecule has 0 aromatic carbocycles. The molecule has 0 rings (SSSR count). The van der Waals surface area contributed by atoms with Gasteiger partial charge >= 0.3 is 0 Å². The van der Waals surface area contributed by atoms with Gasteiger partial charge in [0.15, 0.2) is 0 Å². The number of rotatable bonds is 3. The van der Waals surface area contributed by atoms with E-state index in [9.17, 15) is 0 Å². The number of nitrogens with zero attached hydrogens (tertiary/aromatic N) is 1. The van der Waals surface area contributed by atoms with Gasteiger partial charge in [-0.1, -0.05) is 27.7 Å². The Bertz CT molecular complexity index is 111. The van der Waals surface area contributed by atoms with Crippen LogP contribution in [0.1, 0.15) is 34.1 Å². The van der Waals surface area contributed by atoms with Crippen molar-refractivity contribution >= 4 is 0 Å². The molecule has 10 heavy (non-hydrogen) atoms. The van der Waals surface area contributed by atoms with Crippen molar-refractivity contribution in [2.75, 3.05) is 0 Å². The molecule has 1 nitrogen and oxygen atoms in total. The molecule has 0 bridgehead atoms. The van der Waals surface area contributed by atoms with Gasteiger partial charge in [-0.2, -0.15) is 5.26 Å². The lowest BCUT2D eigenvalue weighted by Gasteiger charge is -2.21. The van der Waals surface area contributed by atoms with E-state index < -0.39 is 0 Å². The third-order valence-electron chi connectivity index (χ3n) is 2.04. The zero-order valence-corrected chi connectivity index (χ0v) is 7.39. The van der Waals surface area contributed by atoms with Crippen molar-refractivity contribution in [3.63, 3.8) is 0 Å². The molecule has 0 saturated carbocycles. The molecular weight excluding hydrogens is 122 g/mol. The first kappa shape index (κ1) is 9.49. The molecule has 58 valence electrons. The number of nitriles is 1. The van der Waals surface area contributed by atoms with Crippen molar-refractivity contribution in [2.45, 2.75) is 34.1 Å². The molecule has 0 spiro atoms. The summed E-state index contributed by atoms with van der Waals surface area (Å²) in [6.45, 7) is 8.73. The van der Waals surface area contributed by atoms with Crippen LogP contribution in [0.2, 0.25) is 0 Å². The second-order valence-electron chi connectivity index (χ2n) is 3.51.